The highest BCUT2D eigenvalue weighted by molar-refractivity contribution is 4.75. The van der Waals surface area contributed by atoms with Crippen molar-refractivity contribution in [2.45, 2.75) is 145 Å². The van der Waals surface area contributed by atoms with E-state index < -0.39 is 0 Å². The summed E-state index contributed by atoms with van der Waals surface area (Å²) in [6.07, 6.45) is 1.24. The summed E-state index contributed by atoms with van der Waals surface area (Å²) >= 11 is 0. The van der Waals surface area contributed by atoms with Gasteiger partial charge in [-0.3, -0.25) is 4.90 Å². The monoisotopic (exact) mass is 475 g/mol. The molecule has 0 aliphatic carbocycles. The number of rotatable bonds is 4. The summed E-state index contributed by atoms with van der Waals surface area (Å²) in [4.78, 5) is 9.22. The predicted octanol–water partition coefficient (Wildman–Crippen LogP) is 7.33. The third-order valence-corrected chi connectivity index (χ3v) is 6.50. The highest BCUT2D eigenvalue weighted by Gasteiger charge is 2.18. The van der Waals surface area contributed by atoms with Gasteiger partial charge in [0.1, 0.15) is 0 Å². The molecule has 4 nitrogen and oxygen atoms in total. The molecule has 0 atom stereocenters. The molecule has 0 rings (SSSR count). The van der Waals surface area contributed by atoms with E-state index in [9.17, 15) is 0 Å². The Balaban J connectivity index is -0.000000171. The van der Waals surface area contributed by atoms with Gasteiger partial charge >= 0.3 is 0 Å². The quantitative estimate of drug-likeness (QED) is 0.422. The van der Waals surface area contributed by atoms with Crippen LogP contribution in [0, 0.1) is 0 Å². The minimum atomic E-state index is 0.314. The normalized spacial score (nSPS) is 12.9. The van der Waals surface area contributed by atoms with E-state index in [2.05, 4.69) is 166 Å². The molecule has 0 saturated heterocycles. The summed E-state index contributed by atoms with van der Waals surface area (Å²) < 4.78 is 0. The summed E-state index contributed by atoms with van der Waals surface area (Å²) in [6, 6.07) is 0.644. The van der Waals surface area contributed by atoms with Gasteiger partial charge < -0.3 is 14.7 Å². The van der Waals surface area contributed by atoms with E-state index in [1.165, 1.54) is 13.0 Å². The molecule has 33 heavy (non-hydrogen) atoms. The Labute approximate surface area is 213 Å². The van der Waals surface area contributed by atoms with Gasteiger partial charge in [0.2, 0.25) is 0 Å². The molecule has 0 unspecified atom stereocenters. The molecule has 0 heterocycles. The maximum atomic E-state index is 2.37. The van der Waals surface area contributed by atoms with E-state index in [4.69, 9.17) is 0 Å². The van der Waals surface area contributed by atoms with Crippen molar-refractivity contribution in [2.75, 3.05) is 48.3 Å². The van der Waals surface area contributed by atoms with Crippen molar-refractivity contribution < 1.29 is 0 Å². The first-order valence-electron chi connectivity index (χ1n) is 13.1. The smallest absolute Gasteiger partial charge is 0.0124 e. The van der Waals surface area contributed by atoms with Gasteiger partial charge in [-0.2, -0.15) is 0 Å². The van der Waals surface area contributed by atoms with Crippen LogP contribution in [0.15, 0.2) is 0 Å². The topological polar surface area (TPSA) is 13.0 Å². The van der Waals surface area contributed by atoms with Gasteiger partial charge in [0.25, 0.3) is 0 Å². The fourth-order valence-corrected chi connectivity index (χ4v) is 1.92. The SMILES string of the molecule is CC(C)N(C)C(C)(C)C.CCCN(C)C(C)(C)C.CCN(C)C(C)(C)C.CN(C)C(C)(C)C. The summed E-state index contributed by atoms with van der Waals surface area (Å²) in [6.45, 7) is 37.8. The Bertz CT molecular complexity index is 428. The van der Waals surface area contributed by atoms with Crippen molar-refractivity contribution in [2.24, 2.45) is 0 Å². The van der Waals surface area contributed by atoms with Crippen LogP contribution in [0.3, 0.4) is 0 Å². The van der Waals surface area contributed by atoms with Gasteiger partial charge in [-0.05, 0) is 152 Å². The molecule has 0 spiro atoms. The van der Waals surface area contributed by atoms with Crippen LogP contribution in [0.4, 0.5) is 0 Å². The Hall–Kier alpha value is -0.160. The fraction of sp³-hybridized carbons (Fsp3) is 1.00. The van der Waals surface area contributed by atoms with E-state index in [1.807, 2.05) is 0 Å². The molecule has 0 bridgehead atoms. The average Bonchev–Trinajstić information content (AvgIpc) is 2.58. The molecule has 0 aromatic rings. The van der Waals surface area contributed by atoms with Gasteiger partial charge in [-0.15, -0.1) is 0 Å². The van der Waals surface area contributed by atoms with Crippen molar-refractivity contribution in [1.82, 2.24) is 19.6 Å². The second-order valence-electron chi connectivity index (χ2n) is 13.7. The molecule has 0 amide bonds. The van der Waals surface area contributed by atoms with Gasteiger partial charge in [0.15, 0.2) is 0 Å². The minimum Gasteiger partial charge on any atom is -0.305 e. The summed E-state index contributed by atoms with van der Waals surface area (Å²) in [7, 11) is 10.6. The fourth-order valence-electron chi connectivity index (χ4n) is 1.92. The minimum absolute atomic E-state index is 0.314. The van der Waals surface area contributed by atoms with Crippen molar-refractivity contribution in [1.29, 1.82) is 0 Å². The van der Waals surface area contributed by atoms with Crippen molar-refractivity contribution in [3.05, 3.63) is 0 Å². The molecule has 0 N–H and O–H groups in total. The molecular formula is C29H70N4. The molecule has 0 aromatic heterocycles. The van der Waals surface area contributed by atoms with Gasteiger partial charge in [-0.1, -0.05) is 13.8 Å². The Morgan fingerprint density at radius 2 is 0.818 bits per heavy atom. The van der Waals surface area contributed by atoms with Crippen LogP contribution < -0.4 is 0 Å². The number of hydrogen-bond donors (Lipinski definition) is 0. The third-order valence-electron chi connectivity index (χ3n) is 6.50. The lowest BCUT2D eigenvalue weighted by atomic mass is 10.1. The lowest BCUT2D eigenvalue weighted by Crippen LogP contribution is -2.42. The second-order valence-corrected chi connectivity index (χ2v) is 13.7. The van der Waals surface area contributed by atoms with Crippen LogP contribution in [0.5, 0.6) is 0 Å². The first kappa shape index (κ1) is 40.0. The Morgan fingerprint density at radius 1 is 0.515 bits per heavy atom. The molecular weight excluding hydrogens is 404 g/mol. The van der Waals surface area contributed by atoms with Crippen molar-refractivity contribution in [3.63, 3.8) is 0 Å². The van der Waals surface area contributed by atoms with Crippen LogP contribution in [-0.4, -0.2) is 96.1 Å². The molecule has 0 aromatic carbocycles. The van der Waals surface area contributed by atoms with E-state index >= 15 is 0 Å². The zero-order chi connectivity index (χ0) is 28.0. The summed E-state index contributed by atoms with van der Waals surface area (Å²) in [5.74, 6) is 0. The van der Waals surface area contributed by atoms with Gasteiger partial charge in [0.05, 0.1) is 0 Å². The highest BCUT2D eigenvalue weighted by Crippen LogP contribution is 2.13. The number of hydrogen-bond acceptors (Lipinski definition) is 4. The molecule has 4 heteroatoms. The van der Waals surface area contributed by atoms with E-state index in [0.29, 0.717) is 28.2 Å². The largest absolute Gasteiger partial charge is 0.305 e. The lowest BCUT2D eigenvalue weighted by molar-refractivity contribution is 0.136. The third kappa shape index (κ3) is 26.3. The molecule has 0 aliphatic heterocycles. The van der Waals surface area contributed by atoms with Crippen molar-refractivity contribution >= 4 is 0 Å². The zero-order valence-corrected chi connectivity index (χ0v) is 27.5. The Morgan fingerprint density at radius 3 is 0.848 bits per heavy atom. The van der Waals surface area contributed by atoms with E-state index in [0.717, 1.165) is 6.54 Å². The number of nitrogens with zero attached hydrogens (tertiary/aromatic N) is 4. The molecule has 0 aliphatic rings. The highest BCUT2D eigenvalue weighted by atomic mass is 15.2. The predicted molar refractivity (Wildman–Crippen MR) is 157 cm³/mol. The Kier molecular flexibility index (Phi) is 21.0. The molecule has 206 valence electrons. The van der Waals surface area contributed by atoms with E-state index in [1.54, 1.807) is 0 Å². The first-order chi connectivity index (χ1) is 14.3. The first-order valence-corrected chi connectivity index (χ1v) is 13.1. The zero-order valence-electron chi connectivity index (χ0n) is 27.5. The summed E-state index contributed by atoms with van der Waals surface area (Å²) in [5, 5.41) is 0. The molecule has 0 saturated carbocycles. The van der Waals surface area contributed by atoms with Crippen LogP contribution in [0.2, 0.25) is 0 Å². The van der Waals surface area contributed by atoms with Crippen LogP contribution in [-0.2, 0) is 0 Å². The maximum absolute atomic E-state index is 2.37. The van der Waals surface area contributed by atoms with Crippen LogP contribution in [0.25, 0.3) is 0 Å². The standard InChI is InChI=1S/2C8H19N.C7H17N.C6H15N/c1-7(2)9(6)8(3,4)5;1-6-7-9(5)8(2,3)4;1-6-8(5)7(2,3)4;1-6(2,3)7(4)5/h7H,1-6H3;6-7H2,1-5H3;6H2,1-5H3;1-5H3. The summed E-state index contributed by atoms with van der Waals surface area (Å²) in [5.41, 5.74) is 1.33. The molecule has 0 fully saturated rings. The molecule has 0 radical (unpaired) electrons. The van der Waals surface area contributed by atoms with E-state index in [-0.39, 0.29) is 0 Å². The maximum Gasteiger partial charge on any atom is 0.0124 e. The van der Waals surface area contributed by atoms with Crippen LogP contribution >= 0.6 is 0 Å². The second kappa shape index (κ2) is 17.3. The van der Waals surface area contributed by atoms with Gasteiger partial charge in [0, 0.05) is 28.2 Å². The van der Waals surface area contributed by atoms with Crippen LogP contribution in [0.1, 0.15) is 117 Å². The lowest BCUT2D eigenvalue weighted by Gasteiger charge is -2.35. The average molecular weight is 475 g/mol. The van der Waals surface area contributed by atoms with Gasteiger partial charge in [-0.25, -0.2) is 0 Å². The van der Waals surface area contributed by atoms with Crippen molar-refractivity contribution in [3.8, 4) is 0 Å².